The van der Waals surface area contributed by atoms with Crippen LogP contribution in [0.15, 0.2) is 18.2 Å². The molecular formula is C16H22O2. The van der Waals surface area contributed by atoms with Gasteiger partial charge in [0.05, 0.1) is 18.3 Å². The summed E-state index contributed by atoms with van der Waals surface area (Å²) in [6.07, 6.45) is 5.73. The Bertz CT molecular complexity index is 468. The lowest BCUT2D eigenvalue weighted by atomic mass is 9.84. The summed E-state index contributed by atoms with van der Waals surface area (Å²) in [5, 5.41) is 0. The fraction of sp³-hybridized carbons (Fsp3) is 0.625. The minimum atomic E-state index is -0.0744. The van der Waals surface area contributed by atoms with Crippen molar-refractivity contribution in [2.75, 3.05) is 7.11 Å². The van der Waals surface area contributed by atoms with Gasteiger partial charge in [-0.1, -0.05) is 19.4 Å². The molecular weight excluding hydrogens is 224 g/mol. The van der Waals surface area contributed by atoms with Crippen molar-refractivity contribution in [2.24, 2.45) is 0 Å². The van der Waals surface area contributed by atoms with Crippen LogP contribution in [-0.2, 0) is 16.8 Å². The van der Waals surface area contributed by atoms with Crippen molar-refractivity contribution >= 4 is 0 Å². The third-order valence-corrected chi connectivity index (χ3v) is 4.60. The first-order valence-corrected chi connectivity index (χ1v) is 6.98. The summed E-state index contributed by atoms with van der Waals surface area (Å²) in [6, 6.07) is 6.44. The highest BCUT2D eigenvalue weighted by Crippen LogP contribution is 2.53. The van der Waals surface area contributed by atoms with Crippen LogP contribution in [0.5, 0.6) is 5.75 Å². The fourth-order valence-corrected chi connectivity index (χ4v) is 3.79. The van der Waals surface area contributed by atoms with E-state index in [-0.39, 0.29) is 11.2 Å². The molecule has 2 aliphatic heterocycles. The summed E-state index contributed by atoms with van der Waals surface area (Å²) in [5.74, 6) is 0.963. The van der Waals surface area contributed by atoms with Crippen LogP contribution in [0, 0.1) is 0 Å². The predicted molar refractivity (Wildman–Crippen MR) is 72.0 cm³/mol. The van der Waals surface area contributed by atoms with E-state index < -0.39 is 0 Å². The van der Waals surface area contributed by atoms with Gasteiger partial charge in [-0.3, -0.25) is 0 Å². The maximum atomic E-state index is 6.47. The lowest BCUT2D eigenvalue weighted by Crippen LogP contribution is -2.39. The van der Waals surface area contributed by atoms with Crippen molar-refractivity contribution < 1.29 is 9.47 Å². The van der Waals surface area contributed by atoms with Crippen molar-refractivity contribution in [3.63, 3.8) is 0 Å². The molecule has 1 aromatic carbocycles. The second kappa shape index (κ2) is 3.99. The van der Waals surface area contributed by atoms with E-state index >= 15 is 0 Å². The van der Waals surface area contributed by atoms with Gasteiger partial charge in [-0.25, -0.2) is 0 Å². The molecule has 0 unspecified atom stereocenters. The monoisotopic (exact) mass is 246 g/mol. The highest BCUT2D eigenvalue weighted by molar-refractivity contribution is 5.43. The molecule has 0 radical (unpaired) electrons. The Kier molecular flexibility index (Phi) is 2.67. The van der Waals surface area contributed by atoms with E-state index in [0.717, 1.165) is 18.6 Å². The van der Waals surface area contributed by atoms with Gasteiger partial charge < -0.3 is 9.47 Å². The number of fused-ring (bicyclic) bond motifs is 4. The van der Waals surface area contributed by atoms with E-state index in [1.165, 1.54) is 30.4 Å². The zero-order valence-electron chi connectivity index (χ0n) is 11.6. The molecule has 98 valence electrons. The Morgan fingerprint density at radius 1 is 1.33 bits per heavy atom. The van der Waals surface area contributed by atoms with Crippen LogP contribution in [0.2, 0.25) is 0 Å². The highest BCUT2D eigenvalue weighted by atomic mass is 16.5. The van der Waals surface area contributed by atoms with E-state index in [2.05, 4.69) is 32.0 Å². The van der Waals surface area contributed by atoms with Crippen LogP contribution in [0.3, 0.4) is 0 Å². The number of rotatable bonds is 3. The minimum Gasteiger partial charge on any atom is -0.497 e. The maximum Gasteiger partial charge on any atom is 0.119 e. The predicted octanol–water partition coefficient (Wildman–Crippen LogP) is 3.82. The topological polar surface area (TPSA) is 18.5 Å². The molecule has 2 aliphatic rings. The second-order valence-corrected chi connectivity index (χ2v) is 5.97. The van der Waals surface area contributed by atoms with E-state index in [0.29, 0.717) is 0 Å². The van der Waals surface area contributed by atoms with Gasteiger partial charge in [0.15, 0.2) is 0 Å². The van der Waals surface area contributed by atoms with Gasteiger partial charge in [0.1, 0.15) is 5.75 Å². The zero-order chi connectivity index (χ0) is 12.8. The van der Waals surface area contributed by atoms with Crippen LogP contribution >= 0.6 is 0 Å². The van der Waals surface area contributed by atoms with Gasteiger partial charge in [-0.2, -0.15) is 0 Å². The van der Waals surface area contributed by atoms with Crippen LogP contribution in [-0.4, -0.2) is 12.7 Å². The molecule has 2 heterocycles. The van der Waals surface area contributed by atoms with Crippen molar-refractivity contribution in [1.29, 1.82) is 0 Å². The fourth-order valence-electron chi connectivity index (χ4n) is 3.79. The van der Waals surface area contributed by atoms with Crippen molar-refractivity contribution in [2.45, 2.75) is 57.2 Å². The summed E-state index contributed by atoms with van der Waals surface area (Å²) in [4.78, 5) is 0. The Hall–Kier alpha value is -1.02. The molecule has 3 rings (SSSR count). The Morgan fingerprint density at radius 3 is 2.89 bits per heavy atom. The molecule has 1 saturated heterocycles. The molecule has 2 atom stereocenters. The Labute approximate surface area is 109 Å². The smallest absolute Gasteiger partial charge is 0.119 e. The van der Waals surface area contributed by atoms with Crippen LogP contribution in [0.1, 0.15) is 50.7 Å². The zero-order valence-corrected chi connectivity index (χ0v) is 11.6. The van der Waals surface area contributed by atoms with Gasteiger partial charge in [0, 0.05) is 6.42 Å². The molecule has 1 aromatic rings. The minimum absolute atomic E-state index is 0.0744. The van der Waals surface area contributed by atoms with Crippen LogP contribution < -0.4 is 4.74 Å². The van der Waals surface area contributed by atoms with Crippen molar-refractivity contribution in [1.82, 2.24) is 0 Å². The molecule has 2 heteroatoms. The Balaban J connectivity index is 2.05. The quantitative estimate of drug-likeness (QED) is 0.807. The number of ether oxygens (including phenoxy) is 2. The first-order valence-electron chi connectivity index (χ1n) is 6.98. The van der Waals surface area contributed by atoms with E-state index in [9.17, 15) is 0 Å². The molecule has 2 nitrogen and oxygen atoms in total. The summed E-state index contributed by atoms with van der Waals surface area (Å²) in [7, 11) is 1.74. The SMILES string of the molecule is CCC[C@]12CC[C@](C)(O1)c1ccc(OC)cc1C2. The number of methoxy groups -OCH3 is 1. The molecule has 0 saturated carbocycles. The average molecular weight is 246 g/mol. The van der Waals surface area contributed by atoms with Gasteiger partial charge in [0.25, 0.3) is 0 Å². The van der Waals surface area contributed by atoms with Gasteiger partial charge in [-0.05, 0) is 49.4 Å². The molecule has 0 aliphatic carbocycles. The van der Waals surface area contributed by atoms with E-state index in [1.54, 1.807) is 7.11 Å². The van der Waals surface area contributed by atoms with Crippen LogP contribution in [0.4, 0.5) is 0 Å². The first-order chi connectivity index (χ1) is 8.61. The van der Waals surface area contributed by atoms with Gasteiger partial charge >= 0.3 is 0 Å². The molecule has 18 heavy (non-hydrogen) atoms. The van der Waals surface area contributed by atoms with E-state index in [4.69, 9.17) is 9.47 Å². The van der Waals surface area contributed by atoms with E-state index in [1.807, 2.05) is 0 Å². The normalized spacial score (nSPS) is 33.3. The van der Waals surface area contributed by atoms with Crippen LogP contribution in [0.25, 0.3) is 0 Å². The number of hydrogen-bond acceptors (Lipinski definition) is 2. The summed E-state index contributed by atoms with van der Waals surface area (Å²) < 4.78 is 11.8. The average Bonchev–Trinajstić information content (AvgIpc) is 2.63. The molecule has 1 fully saturated rings. The lowest BCUT2D eigenvalue weighted by Gasteiger charge is -2.40. The largest absolute Gasteiger partial charge is 0.497 e. The van der Waals surface area contributed by atoms with Gasteiger partial charge in [-0.15, -0.1) is 0 Å². The van der Waals surface area contributed by atoms with Crippen molar-refractivity contribution in [3.8, 4) is 5.75 Å². The maximum absolute atomic E-state index is 6.47. The molecule has 0 spiro atoms. The second-order valence-electron chi connectivity index (χ2n) is 5.97. The van der Waals surface area contributed by atoms with Gasteiger partial charge in [0.2, 0.25) is 0 Å². The first kappa shape index (κ1) is 12.0. The third-order valence-electron chi connectivity index (χ3n) is 4.60. The molecule has 0 aromatic heterocycles. The number of benzene rings is 1. The molecule has 0 N–H and O–H groups in total. The summed E-state index contributed by atoms with van der Waals surface area (Å²) in [5.41, 5.74) is 2.80. The summed E-state index contributed by atoms with van der Waals surface area (Å²) in [6.45, 7) is 4.49. The highest BCUT2D eigenvalue weighted by Gasteiger charge is 2.51. The lowest BCUT2D eigenvalue weighted by molar-refractivity contribution is -0.115. The Morgan fingerprint density at radius 2 is 2.17 bits per heavy atom. The standard InChI is InChI=1S/C16H22O2/c1-4-7-16-9-8-15(2,18-16)14-6-5-13(17-3)10-12(14)11-16/h5-6,10H,4,7-9,11H2,1-3H3/t15-,16+/m0/s1. The molecule has 0 amide bonds. The molecule has 2 bridgehead atoms. The van der Waals surface area contributed by atoms with Crippen molar-refractivity contribution in [3.05, 3.63) is 29.3 Å². The third kappa shape index (κ3) is 1.66. The number of hydrogen-bond donors (Lipinski definition) is 0. The summed E-state index contributed by atoms with van der Waals surface area (Å²) >= 11 is 0.